The van der Waals surface area contributed by atoms with E-state index in [1.54, 1.807) is 0 Å². The van der Waals surface area contributed by atoms with Crippen molar-refractivity contribution in [3.8, 4) is 5.69 Å². The Balaban J connectivity index is 1.55. The lowest BCUT2D eigenvalue weighted by Crippen LogP contribution is -2.33. The van der Waals surface area contributed by atoms with Gasteiger partial charge in [-0.05, 0) is 62.3 Å². The summed E-state index contributed by atoms with van der Waals surface area (Å²) >= 11 is 6.04. The van der Waals surface area contributed by atoms with Crippen LogP contribution in [0.5, 0.6) is 0 Å². The first-order valence-corrected chi connectivity index (χ1v) is 9.78. The molecule has 2 saturated carbocycles. The maximum atomic E-state index is 12.9. The molecule has 2 unspecified atom stereocenters. The van der Waals surface area contributed by atoms with Crippen molar-refractivity contribution in [2.75, 3.05) is 0 Å². The topological polar surface area (TPSA) is 46.9 Å². The lowest BCUT2D eigenvalue weighted by molar-refractivity contribution is 0.0931. The summed E-state index contributed by atoms with van der Waals surface area (Å²) in [6.45, 7) is 0. The molecule has 2 fully saturated rings. The Bertz CT molecular complexity index is 820. The van der Waals surface area contributed by atoms with E-state index in [1.807, 2.05) is 28.9 Å². The van der Waals surface area contributed by atoms with Crippen molar-refractivity contribution < 1.29 is 4.79 Å². The normalized spacial score (nSPS) is 24.7. The van der Waals surface area contributed by atoms with Crippen LogP contribution in [0.2, 0.25) is 5.02 Å². The first-order valence-electron chi connectivity index (χ1n) is 9.40. The van der Waals surface area contributed by atoms with Gasteiger partial charge in [0.05, 0.1) is 11.4 Å². The monoisotopic (exact) mass is 355 g/mol. The van der Waals surface area contributed by atoms with Crippen molar-refractivity contribution in [2.24, 2.45) is 0 Å². The summed E-state index contributed by atoms with van der Waals surface area (Å²) in [5.74, 6) is 1.06. The summed E-state index contributed by atoms with van der Waals surface area (Å²) in [5, 5.41) is 8.71. The minimum absolute atomic E-state index is 0.0170. The van der Waals surface area contributed by atoms with Gasteiger partial charge in [0.25, 0.3) is 5.91 Å². The zero-order valence-corrected chi connectivity index (χ0v) is 14.9. The lowest BCUT2D eigenvalue weighted by atomic mass is 9.95. The average Bonchev–Trinajstić information content (AvgIpc) is 3.38. The number of aromatic nitrogens is 2. The van der Waals surface area contributed by atoms with Gasteiger partial charge in [0.15, 0.2) is 5.69 Å². The van der Waals surface area contributed by atoms with E-state index in [1.165, 1.54) is 43.4 Å². The van der Waals surface area contributed by atoms with Crippen LogP contribution in [0.15, 0.2) is 24.3 Å². The summed E-state index contributed by atoms with van der Waals surface area (Å²) in [5.41, 5.74) is 4.12. The molecule has 25 heavy (non-hydrogen) atoms. The van der Waals surface area contributed by atoms with Crippen molar-refractivity contribution in [1.82, 2.24) is 15.1 Å². The molecule has 0 spiro atoms. The Morgan fingerprint density at radius 3 is 2.56 bits per heavy atom. The van der Waals surface area contributed by atoms with Crippen molar-refractivity contribution in [3.05, 3.63) is 46.2 Å². The Hall–Kier alpha value is -1.81. The van der Waals surface area contributed by atoms with E-state index >= 15 is 0 Å². The van der Waals surface area contributed by atoms with Crippen molar-refractivity contribution in [2.45, 2.75) is 62.8 Å². The van der Waals surface area contributed by atoms with Crippen molar-refractivity contribution in [3.63, 3.8) is 0 Å². The first kappa shape index (κ1) is 15.4. The van der Waals surface area contributed by atoms with Crippen LogP contribution < -0.4 is 5.32 Å². The first-order chi connectivity index (χ1) is 12.2. The molecule has 5 heteroatoms. The zero-order valence-electron chi connectivity index (χ0n) is 14.2. The summed E-state index contributed by atoms with van der Waals surface area (Å²) in [4.78, 5) is 12.9. The molecule has 0 aliphatic heterocycles. The highest BCUT2D eigenvalue weighted by atomic mass is 35.5. The average molecular weight is 356 g/mol. The Labute approximate surface area is 152 Å². The van der Waals surface area contributed by atoms with E-state index in [0.717, 1.165) is 18.5 Å². The molecule has 4 nitrogen and oxygen atoms in total. The number of hydrogen-bond donors (Lipinski definition) is 1. The molecule has 0 saturated heterocycles. The fourth-order valence-electron chi connectivity index (χ4n) is 5.00. The molecule has 0 radical (unpaired) electrons. The number of nitrogens with zero attached hydrogens (tertiary/aromatic N) is 2. The second-order valence-corrected chi connectivity index (χ2v) is 8.13. The second kappa shape index (κ2) is 5.87. The smallest absolute Gasteiger partial charge is 0.272 e. The Morgan fingerprint density at radius 2 is 1.80 bits per heavy atom. The van der Waals surface area contributed by atoms with E-state index in [9.17, 15) is 4.79 Å². The van der Waals surface area contributed by atoms with Crippen LogP contribution in [0.3, 0.4) is 0 Å². The SMILES string of the molecule is O=C(NC1CCCC1)c1nn(-c2ccc(Cl)cc2)c2c1C1CCC2C1. The van der Waals surface area contributed by atoms with Gasteiger partial charge in [-0.15, -0.1) is 0 Å². The number of benzene rings is 1. The van der Waals surface area contributed by atoms with Gasteiger partial charge in [0.2, 0.25) is 0 Å². The highest BCUT2D eigenvalue weighted by Gasteiger charge is 2.44. The number of amides is 1. The third-order valence-electron chi connectivity index (χ3n) is 6.16. The van der Waals surface area contributed by atoms with Gasteiger partial charge < -0.3 is 5.32 Å². The van der Waals surface area contributed by atoms with E-state index in [-0.39, 0.29) is 5.91 Å². The largest absolute Gasteiger partial charge is 0.348 e. The van der Waals surface area contributed by atoms with Crippen LogP contribution in [0.25, 0.3) is 5.69 Å². The molecule has 130 valence electrons. The molecule has 3 aliphatic carbocycles. The number of halogens is 1. The number of carbonyl (C=O) groups excluding carboxylic acids is 1. The fraction of sp³-hybridized carbons (Fsp3) is 0.500. The van der Waals surface area contributed by atoms with Gasteiger partial charge in [-0.25, -0.2) is 4.68 Å². The zero-order chi connectivity index (χ0) is 17.0. The van der Waals surface area contributed by atoms with Crippen molar-refractivity contribution >= 4 is 17.5 Å². The van der Waals surface area contributed by atoms with Crippen LogP contribution in [-0.2, 0) is 0 Å². The number of hydrogen-bond acceptors (Lipinski definition) is 2. The highest BCUT2D eigenvalue weighted by Crippen LogP contribution is 2.54. The third-order valence-corrected chi connectivity index (χ3v) is 6.42. The van der Waals surface area contributed by atoms with E-state index in [4.69, 9.17) is 16.7 Å². The molecule has 1 aromatic heterocycles. The molecular formula is C20H22ClN3O. The molecule has 3 aliphatic rings. The summed E-state index contributed by atoms with van der Waals surface area (Å²) in [7, 11) is 0. The fourth-order valence-corrected chi connectivity index (χ4v) is 5.13. The third kappa shape index (κ3) is 2.50. The van der Waals surface area contributed by atoms with Crippen LogP contribution in [0.1, 0.15) is 78.5 Å². The number of nitrogens with one attached hydrogen (secondary N) is 1. The molecule has 1 heterocycles. The molecule has 1 N–H and O–H groups in total. The number of fused-ring (bicyclic) bond motifs is 5. The highest BCUT2D eigenvalue weighted by molar-refractivity contribution is 6.30. The molecule has 1 amide bonds. The van der Waals surface area contributed by atoms with E-state index < -0.39 is 0 Å². The number of rotatable bonds is 3. The predicted octanol–water partition coefficient (Wildman–Crippen LogP) is 4.56. The minimum Gasteiger partial charge on any atom is -0.348 e. The predicted molar refractivity (Wildman–Crippen MR) is 97.6 cm³/mol. The van der Waals surface area contributed by atoms with Crippen LogP contribution in [0, 0.1) is 0 Å². The van der Waals surface area contributed by atoms with Crippen molar-refractivity contribution in [1.29, 1.82) is 0 Å². The second-order valence-electron chi connectivity index (χ2n) is 7.70. The Morgan fingerprint density at radius 1 is 1.08 bits per heavy atom. The molecule has 2 bridgehead atoms. The maximum absolute atomic E-state index is 12.9. The van der Waals surface area contributed by atoms with Gasteiger partial charge in [-0.1, -0.05) is 24.4 Å². The lowest BCUT2D eigenvalue weighted by Gasteiger charge is -2.14. The van der Waals surface area contributed by atoms with Gasteiger partial charge in [0.1, 0.15) is 0 Å². The summed E-state index contributed by atoms with van der Waals surface area (Å²) < 4.78 is 2.00. The molecular weight excluding hydrogens is 334 g/mol. The van der Waals surface area contributed by atoms with E-state index in [0.29, 0.717) is 28.6 Å². The van der Waals surface area contributed by atoms with Crippen LogP contribution in [-0.4, -0.2) is 21.7 Å². The van der Waals surface area contributed by atoms with Gasteiger partial charge >= 0.3 is 0 Å². The van der Waals surface area contributed by atoms with Gasteiger partial charge in [0, 0.05) is 22.5 Å². The summed E-state index contributed by atoms with van der Waals surface area (Å²) in [6, 6.07) is 8.07. The molecule has 2 aromatic rings. The van der Waals surface area contributed by atoms with E-state index in [2.05, 4.69) is 5.32 Å². The number of carbonyl (C=O) groups is 1. The van der Waals surface area contributed by atoms with Gasteiger partial charge in [-0.3, -0.25) is 4.79 Å². The molecule has 1 aromatic carbocycles. The Kier molecular flexibility index (Phi) is 3.63. The summed E-state index contributed by atoms with van der Waals surface area (Å²) in [6.07, 6.45) is 8.19. The van der Waals surface area contributed by atoms with Gasteiger partial charge in [-0.2, -0.15) is 5.10 Å². The molecule has 2 atom stereocenters. The van der Waals surface area contributed by atoms with Crippen LogP contribution >= 0.6 is 11.6 Å². The minimum atomic E-state index is 0.0170. The van der Waals surface area contributed by atoms with Crippen LogP contribution in [0.4, 0.5) is 0 Å². The maximum Gasteiger partial charge on any atom is 0.272 e. The quantitative estimate of drug-likeness (QED) is 0.877. The standard InChI is InChI=1S/C20H22ClN3O/c21-14-7-9-16(10-8-14)24-19-13-6-5-12(11-13)17(19)18(23-24)20(25)22-15-3-1-2-4-15/h7-10,12-13,15H,1-6,11H2,(H,22,25). The molecule has 5 rings (SSSR count).